The molecule has 0 aliphatic carbocycles. The average molecular weight is 177 g/mol. The van der Waals surface area contributed by atoms with Gasteiger partial charge in [0, 0.05) is 7.11 Å². The predicted octanol–water partition coefficient (Wildman–Crippen LogP) is -0.148. The van der Waals surface area contributed by atoms with Crippen molar-refractivity contribution in [2.24, 2.45) is 5.73 Å². The fraction of sp³-hybridized carbons (Fsp3) is 0.667. The topological polar surface area (TPSA) is 61.5 Å². The first-order chi connectivity index (χ1) is 5.16. The zero-order chi connectivity index (χ0) is 8.69. The summed E-state index contributed by atoms with van der Waals surface area (Å²) in [5, 5.41) is 0. The molecule has 0 aliphatic rings. The lowest BCUT2D eigenvalue weighted by Gasteiger charge is -2.01. The number of nitrogens with two attached hydrogens (primary N) is 1. The molecule has 0 unspecified atom stereocenters. The lowest BCUT2D eigenvalue weighted by Crippen LogP contribution is -2.17. The average Bonchev–Trinajstić information content (AvgIpc) is 1.86. The minimum Gasteiger partial charge on any atom is -0.463 e. The maximum absolute atomic E-state index is 10.7. The number of thiocarbonyl (C=S) groups is 1. The normalized spacial score (nSPS) is 9.18. The fourth-order valence-corrected chi connectivity index (χ4v) is 0.550. The highest BCUT2D eigenvalue weighted by molar-refractivity contribution is 7.80. The van der Waals surface area contributed by atoms with Gasteiger partial charge in [0.05, 0.1) is 18.0 Å². The van der Waals surface area contributed by atoms with E-state index in [4.69, 9.17) is 5.73 Å². The van der Waals surface area contributed by atoms with Crippen LogP contribution in [0.4, 0.5) is 0 Å². The molecule has 0 rings (SSSR count). The van der Waals surface area contributed by atoms with Crippen LogP contribution in [0.1, 0.15) is 6.42 Å². The highest BCUT2D eigenvalue weighted by Crippen LogP contribution is 1.86. The molecule has 64 valence electrons. The zero-order valence-corrected chi connectivity index (χ0v) is 7.15. The Morgan fingerprint density at radius 3 is 2.64 bits per heavy atom. The molecule has 0 aromatic rings. The maximum atomic E-state index is 10.7. The Morgan fingerprint density at radius 1 is 1.55 bits per heavy atom. The predicted molar refractivity (Wildman–Crippen MR) is 44.2 cm³/mol. The number of hydrogen-bond acceptors (Lipinski definition) is 4. The largest absolute Gasteiger partial charge is 0.463 e. The SMILES string of the molecule is COCCOC(=O)CC(N)=S. The maximum Gasteiger partial charge on any atom is 0.312 e. The fourth-order valence-electron chi connectivity index (χ4n) is 0.432. The van der Waals surface area contributed by atoms with Crippen molar-refractivity contribution in [3.63, 3.8) is 0 Å². The van der Waals surface area contributed by atoms with Crippen molar-refractivity contribution in [3.05, 3.63) is 0 Å². The van der Waals surface area contributed by atoms with Crippen molar-refractivity contribution in [3.8, 4) is 0 Å². The molecule has 0 aliphatic heterocycles. The number of ether oxygens (including phenoxy) is 2. The van der Waals surface area contributed by atoms with Crippen LogP contribution in [0.2, 0.25) is 0 Å². The summed E-state index contributed by atoms with van der Waals surface area (Å²) < 4.78 is 9.32. The Hall–Kier alpha value is -0.680. The molecule has 11 heavy (non-hydrogen) atoms. The molecule has 5 heteroatoms. The van der Waals surface area contributed by atoms with E-state index >= 15 is 0 Å². The van der Waals surface area contributed by atoms with Gasteiger partial charge in [-0.05, 0) is 0 Å². The molecule has 0 saturated carbocycles. The molecule has 0 aromatic heterocycles. The second kappa shape index (κ2) is 6.06. The van der Waals surface area contributed by atoms with E-state index in [0.29, 0.717) is 6.61 Å². The van der Waals surface area contributed by atoms with Crippen molar-refractivity contribution < 1.29 is 14.3 Å². The molecule has 0 heterocycles. The number of esters is 1. The first-order valence-electron chi connectivity index (χ1n) is 3.09. The second-order valence-electron chi connectivity index (χ2n) is 1.86. The Labute approximate surface area is 70.7 Å². The van der Waals surface area contributed by atoms with Crippen LogP contribution in [-0.2, 0) is 14.3 Å². The van der Waals surface area contributed by atoms with E-state index in [1.54, 1.807) is 0 Å². The van der Waals surface area contributed by atoms with E-state index in [1.165, 1.54) is 7.11 Å². The van der Waals surface area contributed by atoms with Crippen LogP contribution < -0.4 is 5.73 Å². The number of rotatable bonds is 5. The van der Waals surface area contributed by atoms with Crippen LogP contribution in [0, 0.1) is 0 Å². The highest BCUT2D eigenvalue weighted by Gasteiger charge is 2.02. The standard InChI is InChI=1S/C6H11NO3S/c1-9-2-3-10-6(8)4-5(7)11/h2-4H2,1H3,(H2,7,11). The third-order valence-corrected chi connectivity index (χ3v) is 1.01. The molecule has 4 nitrogen and oxygen atoms in total. The summed E-state index contributed by atoms with van der Waals surface area (Å²) in [6.45, 7) is 0.640. The van der Waals surface area contributed by atoms with Crippen LogP contribution in [0.15, 0.2) is 0 Å². The van der Waals surface area contributed by atoms with E-state index < -0.39 is 5.97 Å². The summed E-state index contributed by atoms with van der Waals surface area (Å²) in [4.78, 5) is 10.8. The molecule has 2 N–H and O–H groups in total. The van der Waals surface area contributed by atoms with Crippen molar-refractivity contribution in [2.45, 2.75) is 6.42 Å². The molecule has 0 spiro atoms. The smallest absolute Gasteiger partial charge is 0.312 e. The Bertz CT molecular complexity index is 149. The van der Waals surface area contributed by atoms with Crippen LogP contribution in [-0.4, -0.2) is 31.3 Å². The monoisotopic (exact) mass is 177 g/mol. The summed E-state index contributed by atoms with van der Waals surface area (Å²) in [5.74, 6) is -0.408. The van der Waals surface area contributed by atoms with Crippen LogP contribution in [0.5, 0.6) is 0 Å². The molecular formula is C6H11NO3S. The molecular weight excluding hydrogens is 166 g/mol. The summed E-state index contributed by atoms with van der Waals surface area (Å²) >= 11 is 4.50. The molecule has 0 saturated heterocycles. The van der Waals surface area contributed by atoms with E-state index in [0.717, 1.165) is 0 Å². The quantitative estimate of drug-likeness (QED) is 0.359. The first kappa shape index (κ1) is 10.3. The van der Waals surface area contributed by atoms with Gasteiger partial charge in [0.25, 0.3) is 0 Å². The lowest BCUT2D eigenvalue weighted by molar-refractivity contribution is -0.143. The van der Waals surface area contributed by atoms with Gasteiger partial charge in [0.1, 0.15) is 6.61 Å². The van der Waals surface area contributed by atoms with Crippen molar-refractivity contribution in [2.75, 3.05) is 20.3 Å². The summed E-state index contributed by atoms with van der Waals surface area (Å²) in [6.07, 6.45) is -0.000945. The van der Waals surface area contributed by atoms with E-state index in [1.807, 2.05) is 0 Å². The number of hydrogen-bond donors (Lipinski definition) is 1. The van der Waals surface area contributed by atoms with Gasteiger partial charge >= 0.3 is 5.97 Å². The molecule has 0 radical (unpaired) electrons. The number of carbonyl (C=O) groups excluding carboxylic acids is 1. The molecule has 0 atom stereocenters. The van der Waals surface area contributed by atoms with Gasteiger partial charge in [-0.25, -0.2) is 0 Å². The number of methoxy groups -OCH3 is 1. The van der Waals surface area contributed by atoms with Crippen LogP contribution in [0.25, 0.3) is 0 Å². The molecule has 0 fully saturated rings. The highest BCUT2D eigenvalue weighted by atomic mass is 32.1. The van der Waals surface area contributed by atoms with Crippen LogP contribution >= 0.6 is 12.2 Å². The van der Waals surface area contributed by atoms with Crippen molar-refractivity contribution >= 4 is 23.2 Å². The molecule has 0 aromatic carbocycles. The lowest BCUT2D eigenvalue weighted by atomic mass is 10.4. The second-order valence-corrected chi connectivity index (χ2v) is 2.38. The summed E-state index contributed by atoms with van der Waals surface area (Å²) in [5.41, 5.74) is 5.10. The van der Waals surface area contributed by atoms with Gasteiger partial charge in [0.15, 0.2) is 0 Å². The molecule has 0 amide bonds. The van der Waals surface area contributed by atoms with Gasteiger partial charge in [-0.2, -0.15) is 0 Å². The van der Waals surface area contributed by atoms with Crippen LogP contribution in [0.3, 0.4) is 0 Å². The van der Waals surface area contributed by atoms with Crippen molar-refractivity contribution in [1.82, 2.24) is 0 Å². The van der Waals surface area contributed by atoms with E-state index in [-0.39, 0.29) is 18.0 Å². The Kier molecular flexibility index (Phi) is 5.68. The third-order valence-electron chi connectivity index (χ3n) is 0.869. The summed E-state index contributed by atoms with van der Waals surface area (Å²) in [7, 11) is 1.53. The zero-order valence-electron chi connectivity index (χ0n) is 6.33. The molecule has 0 bridgehead atoms. The van der Waals surface area contributed by atoms with Crippen molar-refractivity contribution in [1.29, 1.82) is 0 Å². The van der Waals surface area contributed by atoms with Gasteiger partial charge in [-0.15, -0.1) is 0 Å². The third kappa shape index (κ3) is 7.21. The van der Waals surface area contributed by atoms with Gasteiger partial charge in [-0.1, -0.05) is 12.2 Å². The first-order valence-corrected chi connectivity index (χ1v) is 3.50. The Balaban J connectivity index is 3.30. The van der Waals surface area contributed by atoms with Gasteiger partial charge in [-0.3, -0.25) is 4.79 Å². The minimum atomic E-state index is -0.408. The van der Waals surface area contributed by atoms with E-state index in [2.05, 4.69) is 21.7 Å². The van der Waals surface area contributed by atoms with Gasteiger partial charge < -0.3 is 15.2 Å². The van der Waals surface area contributed by atoms with Gasteiger partial charge in [0.2, 0.25) is 0 Å². The Morgan fingerprint density at radius 2 is 2.18 bits per heavy atom. The summed E-state index contributed by atoms with van der Waals surface area (Å²) in [6, 6.07) is 0. The number of carbonyl (C=O) groups is 1. The minimum absolute atomic E-state index is 0.000945. The van der Waals surface area contributed by atoms with E-state index in [9.17, 15) is 4.79 Å².